The summed E-state index contributed by atoms with van der Waals surface area (Å²) in [4.78, 5) is 16.5. The number of benzene rings is 2. The molecule has 1 aliphatic rings. The fourth-order valence-corrected chi connectivity index (χ4v) is 3.50. The summed E-state index contributed by atoms with van der Waals surface area (Å²) in [6.45, 7) is 0. The molecule has 1 N–H and O–H groups in total. The van der Waals surface area contributed by atoms with E-state index in [0.29, 0.717) is 17.1 Å². The molecule has 5 nitrogen and oxygen atoms in total. The van der Waals surface area contributed by atoms with Gasteiger partial charge in [-0.15, -0.1) is 0 Å². The number of hydrogen-bond acceptors (Lipinski definition) is 5. The van der Waals surface area contributed by atoms with Crippen LogP contribution in [0.5, 0.6) is 11.5 Å². The number of halogens is 4. The van der Waals surface area contributed by atoms with Crippen molar-refractivity contribution in [1.29, 1.82) is 0 Å². The summed E-state index contributed by atoms with van der Waals surface area (Å²) in [7, 11) is 2.99. The van der Waals surface area contributed by atoms with Crippen LogP contribution < -0.4 is 14.8 Å². The van der Waals surface area contributed by atoms with Gasteiger partial charge in [-0.3, -0.25) is 4.79 Å². The van der Waals surface area contributed by atoms with Crippen LogP contribution in [0.1, 0.15) is 11.1 Å². The molecule has 0 bridgehead atoms. The van der Waals surface area contributed by atoms with Gasteiger partial charge in [0, 0.05) is 16.7 Å². The Hall–Kier alpha value is -2.65. The van der Waals surface area contributed by atoms with Gasteiger partial charge in [-0.2, -0.15) is 13.2 Å². The Balaban J connectivity index is 1.93. The van der Waals surface area contributed by atoms with Gasteiger partial charge in [-0.05, 0) is 48.2 Å². The molecule has 10 heteroatoms. The first-order valence-electron chi connectivity index (χ1n) is 8.09. The number of ether oxygens (including phenoxy) is 2. The number of amides is 1. The molecule has 2 aromatic carbocycles. The highest BCUT2D eigenvalue weighted by atomic mass is 35.5. The van der Waals surface area contributed by atoms with Gasteiger partial charge in [0.2, 0.25) is 0 Å². The highest BCUT2D eigenvalue weighted by molar-refractivity contribution is 8.18. The van der Waals surface area contributed by atoms with Crippen LogP contribution in [0.4, 0.5) is 18.9 Å². The molecule has 3 rings (SSSR count). The molecule has 2 aromatic rings. The number of aliphatic imine (C=N–C) groups is 1. The topological polar surface area (TPSA) is 59.9 Å². The van der Waals surface area contributed by atoms with E-state index in [0.717, 1.165) is 23.9 Å². The van der Waals surface area contributed by atoms with Gasteiger partial charge in [0.25, 0.3) is 5.91 Å². The van der Waals surface area contributed by atoms with Gasteiger partial charge < -0.3 is 14.8 Å². The maximum absolute atomic E-state index is 13.2. The fourth-order valence-electron chi connectivity index (χ4n) is 2.50. The van der Waals surface area contributed by atoms with Crippen molar-refractivity contribution in [3.05, 3.63) is 57.5 Å². The van der Waals surface area contributed by atoms with E-state index in [4.69, 9.17) is 21.1 Å². The average molecular weight is 443 g/mol. The first kappa shape index (κ1) is 21.1. The predicted octanol–water partition coefficient (Wildman–Crippen LogP) is 5.27. The van der Waals surface area contributed by atoms with E-state index in [1.165, 1.54) is 20.3 Å². The second-order valence-electron chi connectivity index (χ2n) is 5.75. The van der Waals surface area contributed by atoms with Gasteiger partial charge in [0.05, 0.1) is 30.4 Å². The number of methoxy groups -OCH3 is 2. The minimum absolute atomic E-state index is 0.0292. The van der Waals surface area contributed by atoms with Gasteiger partial charge >= 0.3 is 6.18 Å². The monoisotopic (exact) mass is 442 g/mol. The Morgan fingerprint density at radius 3 is 2.55 bits per heavy atom. The van der Waals surface area contributed by atoms with Gasteiger partial charge in [0.15, 0.2) is 5.17 Å². The van der Waals surface area contributed by atoms with Crippen molar-refractivity contribution in [2.75, 3.05) is 14.2 Å². The van der Waals surface area contributed by atoms with Crippen molar-refractivity contribution in [3.8, 4) is 11.5 Å². The maximum atomic E-state index is 13.2. The number of carbonyl (C=O) groups is 1. The molecule has 1 heterocycles. The number of carbonyl (C=O) groups excluding carboxylic acids is 1. The summed E-state index contributed by atoms with van der Waals surface area (Å²) in [5.41, 5.74) is -0.718. The van der Waals surface area contributed by atoms with Crippen LogP contribution in [0, 0.1) is 0 Å². The Labute approximate surface area is 173 Å². The average Bonchev–Trinajstić information content (AvgIpc) is 3.01. The van der Waals surface area contributed by atoms with E-state index in [2.05, 4.69) is 10.3 Å². The van der Waals surface area contributed by atoms with Crippen LogP contribution in [-0.4, -0.2) is 25.3 Å². The van der Waals surface area contributed by atoms with Crippen LogP contribution in [0.25, 0.3) is 6.08 Å². The molecule has 152 valence electrons. The van der Waals surface area contributed by atoms with Crippen LogP contribution in [0.15, 0.2) is 46.3 Å². The zero-order valence-corrected chi connectivity index (χ0v) is 16.7. The molecule has 0 radical (unpaired) electrons. The molecule has 1 fully saturated rings. The van der Waals surface area contributed by atoms with E-state index < -0.39 is 17.6 Å². The summed E-state index contributed by atoms with van der Waals surface area (Å²) in [5.74, 6) is 0.582. The molecule has 0 aliphatic carbocycles. The van der Waals surface area contributed by atoms with E-state index >= 15 is 0 Å². The molecule has 0 unspecified atom stereocenters. The quantitative estimate of drug-likeness (QED) is 0.655. The number of hydrogen-bond donors (Lipinski definition) is 1. The lowest BCUT2D eigenvalue weighted by molar-refractivity contribution is -0.137. The molecule has 1 amide bonds. The molecule has 29 heavy (non-hydrogen) atoms. The highest BCUT2D eigenvalue weighted by Gasteiger charge is 2.34. The molecular weight excluding hydrogens is 429 g/mol. The molecule has 0 saturated carbocycles. The Morgan fingerprint density at radius 2 is 1.90 bits per heavy atom. The third kappa shape index (κ3) is 4.86. The van der Waals surface area contributed by atoms with Crippen molar-refractivity contribution >= 4 is 46.2 Å². The number of nitrogens with zero attached hydrogens (tertiary/aromatic N) is 1. The first-order chi connectivity index (χ1) is 13.7. The minimum Gasteiger partial charge on any atom is -0.497 e. The Kier molecular flexibility index (Phi) is 6.09. The molecule has 0 atom stereocenters. The number of alkyl halides is 3. The zero-order valence-electron chi connectivity index (χ0n) is 15.1. The van der Waals surface area contributed by atoms with Crippen molar-refractivity contribution in [2.45, 2.75) is 6.18 Å². The lowest BCUT2D eigenvalue weighted by Gasteiger charge is -2.10. The van der Waals surface area contributed by atoms with E-state index in [-0.39, 0.29) is 20.8 Å². The van der Waals surface area contributed by atoms with E-state index in [9.17, 15) is 18.0 Å². The Morgan fingerprint density at radius 1 is 1.14 bits per heavy atom. The van der Waals surface area contributed by atoms with Crippen molar-refractivity contribution in [2.24, 2.45) is 4.99 Å². The van der Waals surface area contributed by atoms with Crippen LogP contribution in [0.2, 0.25) is 5.02 Å². The summed E-state index contributed by atoms with van der Waals surface area (Å²) in [5, 5.41) is 2.44. The predicted molar refractivity (Wildman–Crippen MR) is 107 cm³/mol. The van der Waals surface area contributed by atoms with E-state index in [1.807, 2.05) is 0 Å². The van der Waals surface area contributed by atoms with Gasteiger partial charge in [-0.25, -0.2) is 4.99 Å². The third-order valence-corrected chi connectivity index (χ3v) is 5.01. The highest BCUT2D eigenvalue weighted by Crippen LogP contribution is 2.39. The van der Waals surface area contributed by atoms with Crippen LogP contribution in [0.3, 0.4) is 0 Å². The molecule has 1 aliphatic heterocycles. The third-order valence-electron chi connectivity index (χ3n) is 3.86. The second kappa shape index (κ2) is 8.38. The SMILES string of the molecule is COc1ccc(/C=C2/SC(=Nc3ccc(Cl)cc3C(F)(F)F)NC2=O)c(OC)c1. The normalized spacial score (nSPS) is 17.0. The minimum atomic E-state index is -4.63. The molecular formula is C19H14ClF3N2O3S. The van der Waals surface area contributed by atoms with Gasteiger partial charge in [0.1, 0.15) is 11.5 Å². The lowest BCUT2D eigenvalue weighted by Crippen LogP contribution is -2.19. The first-order valence-corrected chi connectivity index (χ1v) is 9.29. The van der Waals surface area contributed by atoms with E-state index in [1.54, 1.807) is 24.3 Å². The smallest absolute Gasteiger partial charge is 0.418 e. The van der Waals surface area contributed by atoms with Gasteiger partial charge in [-0.1, -0.05) is 11.6 Å². The van der Waals surface area contributed by atoms with Crippen LogP contribution in [-0.2, 0) is 11.0 Å². The number of thioether (sulfide) groups is 1. The lowest BCUT2D eigenvalue weighted by atomic mass is 10.1. The van der Waals surface area contributed by atoms with Crippen molar-refractivity contribution in [1.82, 2.24) is 5.32 Å². The standard InChI is InChI=1S/C19H14ClF3N2O3S/c1-27-12-5-3-10(15(9-12)28-2)7-16-17(26)25-18(29-16)24-14-6-4-11(20)8-13(14)19(21,22)23/h3-9H,1-2H3,(H,24,25,26)/b16-7+. The number of nitrogens with one attached hydrogen (secondary N) is 1. The van der Waals surface area contributed by atoms with Crippen molar-refractivity contribution in [3.63, 3.8) is 0 Å². The number of rotatable bonds is 4. The summed E-state index contributed by atoms with van der Waals surface area (Å²) < 4.78 is 50.1. The summed E-state index contributed by atoms with van der Waals surface area (Å²) in [6.07, 6.45) is -3.07. The maximum Gasteiger partial charge on any atom is 0.418 e. The van der Waals surface area contributed by atoms with Crippen LogP contribution >= 0.6 is 23.4 Å². The Bertz CT molecular complexity index is 1020. The zero-order chi connectivity index (χ0) is 21.2. The van der Waals surface area contributed by atoms with Crippen molar-refractivity contribution < 1.29 is 27.4 Å². The largest absolute Gasteiger partial charge is 0.497 e. The second-order valence-corrected chi connectivity index (χ2v) is 7.22. The molecule has 1 saturated heterocycles. The number of amidine groups is 1. The fraction of sp³-hybridized carbons (Fsp3) is 0.158. The summed E-state index contributed by atoms with van der Waals surface area (Å²) >= 11 is 6.60. The molecule has 0 spiro atoms. The summed E-state index contributed by atoms with van der Waals surface area (Å²) in [6, 6.07) is 8.30. The molecule has 0 aromatic heterocycles.